The van der Waals surface area contributed by atoms with E-state index in [2.05, 4.69) is 15.3 Å². The minimum atomic E-state index is -0.400. The fraction of sp³-hybridized carbons (Fsp3) is 0.0400. The Kier molecular flexibility index (Phi) is 5.09. The van der Waals surface area contributed by atoms with Gasteiger partial charge < -0.3 is 4.42 Å². The van der Waals surface area contributed by atoms with Gasteiger partial charge in [-0.2, -0.15) is 0 Å². The molecule has 0 radical (unpaired) electrons. The van der Waals surface area contributed by atoms with E-state index < -0.39 is 5.91 Å². The molecule has 0 unspecified atom stereocenters. The number of hydrogen-bond acceptors (Lipinski definition) is 6. The van der Waals surface area contributed by atoms with Gasteiger partial charge in [-0.1, -0.05) is 42.5 Å². The average molecular weight is 439 g/mol. The molecule has 5 rings (SSSR count). The van der Waals surface area contributed by atoms with Gasteiger partial charge in [0.15, 0.2) is 16.1 Å². The number of pyridine rings is 1. The fourth-order valence-electron chi connectivity index (χ4n) is 3.48. The molecule has 3 heterocycles. The summed E-state index contributed by atoms with van der Waals surface area (Å²) in [5.74, 6) is 0.0542. The van der Waals surface area contributed by atoms with Gasteiger partial charge in [-0.05, 0) is 31.2 Å². The summed E-state index contributed by atoms with van der Waals surface area (Å²) < 4.78 is 6.14. The highest BCUT2D eigenvalue weighted by molar-refractivity contribution is 7.14. The lowest BCUT2D eigenvalue weighted by Crippen LogP contribution is -2.14. The number of rotatable bonds is 4. The van der Waals surface area contributed by atoms with Crippen LogP contribution in [-0.4, -0.2) is 15.9 Å². The Morgan fingerprint density at radius 3 is 2.56 bits per heavy atom. The molecule has 156 valence electrons. The van der Waals surface area contributed by atoms with Crippen molar-refractivity contribution in [2.45, 2.75) is 6.92 Å². The quantitative estimate of drug-likeness (QED) is 0.397. The molecule has 0 fully saturated rings. The van der Waals surface area contributed by atoms with Gasteiger partial charge in [-0.3, -0.25) is 19.9 Å². The summed E-state index contributed by atoms with van der Waals surface area (Å²) in [5, 5.41) is 5.44. The SMILES string of the molecule is Cc1c(-c2ccccc2)oc2c(C(=O)Nc3nc(-c4ccccn4)cs3)cccc2c1=O. The van der Waals surface area contributed by atoms with Crippen LogP contribution in [0, 0.1) is 6.92 Å². The molecule has 0 saturated heterocycles. The molecule has 6 nitrogen and oxygen atoms in total. The number of thiazole rings is 1. The van der Waals surface area contributed by atoms with Crippen LogP contribution in [-0.2, 0) is 0 Å². The van der Waals surface area contributed by atoms with Crippen molar-refractivity contribution >= 4 is 33.3 Å². The van der Waals surface area contributed by atoms with Crippen molar-refractivity contribution in [2.75, 3.05) is 5.32 Å². The number of nitrogens with zero attached hydrogens (tertiary/aromatic N) is 2. The van der Waals surface area contributed by atoms with Crippen LogP contribution in [0.5, 0.6) is 0 Å². The van der Waals surface area contributed by atoms with Gasteiger partial charge in [0.2, 0.25) is 0 Å². The maximum absolute atomic E-state index is 13.1. The summed E-state index contributed by atoms with van der Waals surface area (Å²) >= 11 is 1.30. The minimum absolute atomic E-state index is 0.161. The third-order valence-corrected chi connectivity index (χ3v) is 5.84. The molecule has 5 aromatic rings. The lowest BCUT2D eigenvalue weighted by Gasteiger charge is -2.10. The molecule has 0 aliphatic rings. The van der Waals surface area contributed by atoms with Crippen LogP contribution in [0.15, 0.2) is 87.5 Å². The van der Waals surface area contributed by atoms with Gasteiger partial charge in [0.1, 0.15) is 11.5 Å². The summed E-state index contributed by atoms with van der Waals surface area (Å²) in [5.41, 5.74) is 3.04. The van der Waals surface area contributed by atoms with Crippen LogP contribution >= 0.6 is 11.3 Å². The molecule has 1 amide bonds. The second-order valence-electron chi connectivity index (χ2n) is 7.14. The van der Waals surface area contributed by atoms with E-state index in [1.807, 2.05) is 53.9 Å². The lowest BCUT2D eigenvalue weighted by molar-refractivity contribution is 0.102. The first-order valence-electron chi connectivity index (χ1n) is 9.92. The van der Waals surface area contributed by atoms with Gasteiger partial charge in [0.05, 0.1) is 16.6 Å². The molecular formula is C25H17N3O3S. The molecule has 0 atom stereocenters. The Labute approximate surface area is 187 Å². The maximum atomic E-state index is 13.1. The topological polar surface area (TPSA) is 85.1 Å². The van der Waals surface area contributed by atoms with Gasteiger partial charge in [-0.15, -0.1) is 11.3 Å². The predicted molar refractivity (Wildman–Crippen MR) is 126 cm³/mol. The number of hydrogen-bond donors (Lipinski definition) is 1. The number of para-hydroxylation sites is 1. The summed E-state index contributed by atoms with van der Waals surface area (Å²) in [4.78, 5) is 34.8. The summed E-state index contributed by atoms with van der Waals surface area (Å²) in [6.45, 7) is 1.73. The van der Waals surface area contributed by atoms with E-state index in [-0.39, 0.29) is 16.6 Å². The van der Waals surface area contributed by atoms with Crippen molar-refractivity contribution in [1.82, 2.24) is 9.97 Å². The minimum Gasteiger partial charge on any atom is -0.455 e. The number of amides is 1. The van der Waals surface area contributed by atoms with Gasteiger partial charge in [-0.25, -0.2) is 4.98 Å². The second kappa shape index (κ2) is 8.20. The number of benzene rings is 2. The summed E-state index contributed by atoms with van der Waals surface area (Å²) in [6, 6.07) is 19.9. The summed E-state index contributed by atoms with van der Waals surface area (Å²) in [7, 11) is 0. The van der Waals surface area contributed by atoms with Crippen molar-refractivity contribution in [3.8, 4) is 22.7 Å². The van der Waals surface area contributed by atoms with Crippen molar-refractivity contribution in [2.24, 2.45) is 0 Å². The van der Waals surface area contributed by atoms with Crippen molar-refractivity contribution in [3.05, 3.63) is 99.7 Å². The molecule has 0 bridgehead atoms. The average Bonchev–Trinajstić information content (AvgIpc) is 3.30. The molecule has 0 spiro atoms. The van der Waals surface area contributed by atoms with E-state index in [9.17, 15) is 9.59 Å². The molecule has 0 saturated carbocycles. The molecule has 7 heteroatoms. The maximum Gasteiger partial charge on any atom is 0.261 e. The predicted octanol–water partition coefficient (Wildman–Crippen LogP) is 5.54. The monoisotopic (exact) mass is 439 g/mol. The molecule has 32 heavy (non-hydrogen) atoms. The van der Waals surface area contributed by atoms with Gasteiger partial charge in [0.25, 0.3) is 5.91 Å². The highest BCUT2D eigenvalue weighted by Crippen LogP contribution is 2.28. The smallest absolute Gasteiger partial charge is 0.261 e. The second-order valence-corrected chi connectivity index (χ2v) is 8.00. The third kappa shape index (κ3) is 3.59. The van der Waals surface area contributed by atoms with Crippen LogP contribution in [0.3, 0.4) is 0 Å². The van der Waals surface area contributed by atoms with Crippen LogP contribution in [0.25, 0.3) is 33.7 Å². The molecule has 3 aromatic heterocycles. The normalized spacial score (nSPS) is 10.9. The molecule has 1 N–H and O–H groups in total. The summed E-state index contributed by atoms with van der Waals surface area (Å²) in [6.07, 6.45) is 1.69. The molecule has 0 aliphatic carbocycles. The number of carbonyl (C=O) groups excluding carboxylic acids is 1. The van der Waals surface area contributed by atoms with Crippen molar-refractivity contribution in [1.29, 1.82) is 0 Å². The largest absolute Gasteiger partial charge is 0.455 e. The number of aromatic nitrogens is 2. The van der Waals surface area contributed by atoms with E-state index in [0.29, 0.717) is 27.5 Å². The standard InChI is InChI=1S/C25H17N3O3S/c1-15-21(29)17-10-7-11-18(23(17)31-22(15)16-8-3-2-4-9-16)24(30)28-25-27-20(14-32-25)19-12-5-6-13-26-19/h2-14H,1H3,(H,27,28,30). The zero-order chi connectivity index (χ0) is 22.1. The zero-order valence-electron chi connectivity index (χ0n) is 17.0. The van der Waals surface area contributed by atoms with Crippen LogP contribution in [0.4, 0.5) is 5.13 Å². The first kappa shape index (κ1) is 19.8. The van der Waals surface area contributed by atoms with E-state index in [0.717, 1.165) is 11.3 Å². The Morgan fingerprint density at radius 1 is 0.969 bits per heavy atom. The number of nitrogens with one attached hydrogen (secondary N) is 1. The lowest BCUT2D eigenvalue weighted by atomic mass is 10.0. The van der Waals surface area contributed by atoms with E-state index in [1.165, 1.54) is 11.3 Å². The van der Waals surface area contributed by atoms with Crippen LogP contribution in [0.1, 0.15) is 15.9 Å². The number of carbonyl (C=O) groups is 1. The Bertz CT molecular complexity index is 1490. The van der Waals surface area contributed by atoms with Crippen LogP contribution in [0.2, 0.25) is 0 Å². The highest BCUT2D eigenvalue weighted by atomic mass is 32.1. The van der Waals surface area contributed by atoms with E-state index >= 15 is 0 Å². The van der Waals surface area contributed by atoms with Crippen molar-refractivity contribution in [3.63, 3.8) is 0 Å². The Balaban J connectivity index is 1.54. The molecular weight excluding hydrogens is 422 g/mol. The number of fused-ring (bicyclic) bond motifs is 1. The van der Waals surface area contributed by atoms with E-state index in [4.69, 9.17) is 4.42 Å². The molecule has 2 aromatic carbocycles. The van der Waals surface area contributed by atoms with Gasteiger partial charge in [0, 0.05) is 22.7 Å². The first-order valence-corrected chi connectivity index (χ1v) is 10.8. The Morgan fingerprint density at radius 2 is 1.78 bits per heavy atom. The van der Waals surface area contributed by atoms with Crippen LogP contribution < -0.4 is 10.7 Å². The highest BCUT2D eigenvalue weighted by Gasteiger charge is 2.19. The number of anilines is 1. The zero-order valence-corrected chi connectivity index (χ0v) is 17.8. The molecule has 0 aliphatic heterocycles. The fourth-order valence-corrected chi connectivity index (χ4v) is 4.18. The van der Waals surface area contributed by atoms with E-state index in [1.54, 1.807) is 31.3 Å². The first-order chi connectivity index (χ1) is 15.6. The van der Waals surface area contributed by atoms with Crippen molar-refractivity contribution < 1.29 is 9.21 Å². The Hall–Kier alpha value is -4.10. The third-order valence-electron chi connectivity index (χ3n) is 5.08. The van der Waals surface area contributed by atoms with Gasteiger partial charge >= 0.3 is 0 Å².